The summed E-state index contributed by atoms with van der Waals surface area (Å²) < 4.78 is 11.5. The highest BCUT2D eigenvalue weighted by Crippen LogP contribution is 2.36. The van der Waals surface area contributed by atoms with Crippen LogP contribution in [-0.2, 0) is 0 Å². The maximum atomic E-state index is 12.0. The van der Waals surface area contributed by atoms with Gasteiger partial charge in [0, 0.05) is 6.07 Å². The number of aromatic nitrogens is 1. The molecule has 0 aliphatic heterocycles. The number of hydrogen-bond acceptors (Lipinski definition) is 7. The monoisotopic (exact) mass is 379 g/mol. The average Bonchev–Trinajstić information content (AvgIpc) is 3.22. The number of thiophene rings is 1. The van der Waals surface area contributed by atoms with Crippen LogP contribution < -0.4 is 20.1 Å². The molecular weight excluding hydrogens is 366 g/mol. The van der Waals surface area contributed by atoms with Crippen molar-refractivity contribution in [1.29, 1.82) is 0 Å². The Hall–Kier alpha value is -2.23. The molecule has 0 radical (unpaired) electrons. The van der Waals surface area contributed by atoms with E-state index in [9.17, 15) is 4.79 Å². The smallest absolute Gasteiger partial charge is 0.267 e. The van der Waals surface area contributed by atoms with Crippen molar-refractivity contribution >= 4 is 61.3 Å². The number of carbonyl (C=O) groups excluding carboxylic acids is 1. The molecule has 1 aromatic carbocycles. The van der Waals surface area contributed by atoms with Gasteiger partial charge in [0.15, 0.2) is 10.2 Å². The molecule has 6 nitrogen and oxygen atoms in total. The van der Waals surface area contributed by atoms with Gasteiger partial charge in [-0.05, 0) is 29.7 Å². The van der Waals surface area contributed by atoms with Crippen molar-refractivity contribution in [2.45, 2.75) is 0 Å². The van der Waals surface area contributed by atoms with Gasteiger partial charge in [0.25, 0.3) is 5.91 Å². The van der Waals surface area contributed by atoms with Crippen LogP contribution in [0.25, 0.3) is 10.2 Å². The van der Waals surface area contributed by atoms with Crippen molar-refractivity contribution in [2.75, 3.05) is 19.5 Å². The minimum absolute atomic E-state index is 0.193. The molecular formula is C15H13N3O3S3. The second kappa shape index (κ2) is 7.12. The molecule has 2 heterocycles. The van der Waals surface area contributed by atoms with E-state index in [-0.39, 0.29) is 11.0 Å². The highest BCUT2D eigenvalue weighted by Gasteiger charge is 2.14. The Morgan fingerprint density at radius 1 is 1.29 bits per heavy atom. The normalized spacial score (nSPS) is 10.4. The molecule has 124 valence electrons. The molecule has 0 bridgehead atoms. The molecule has 24 heavy (non-hydrogen) atoms. The van der Waals surface area contributed by atoms with Gasteiger partial charge in [-0.2, -0.15) is 0 Å². The standard InChI is InChI=1S/C15H13N3O3S3/c1-20-8-6-9(21-2)12-11(7-8)24-15(16-12)18-14(22)17-13(19)10-4-3-5-23-10/h3-7H,1-2H3,(H2,16,17,18,19,22). The van der Waals surface area contributed by atoms with Crippen LogP contribution in [0.3, 0.4) is 0 Å². The lowest BCUT2D eigenvalue weighted by atomic mass is 10.3. The van der Waals surface area contributed by atoms with E-state index in [2.05, 4.69) is 15.6 Å². The molecule has 2 aromatic heterocycles. The predicted octanol–water partition coefficient (Wildman–Crippen LogP) is 3.50. The van der Waals surface area contributed by atoms with E-state index in [0.29, 0.717) is 27.0 Å². The van der Waals surface area contributed by atoms with Gasteiger partial charge < -0.3 is 14.8 Å². The Labute approximate surface area is 151 Å². The number of amides is 1. The summed E-state index contributed by atoms with van der Waals surface area (Å²) in [6.45, 7) is 0. The van der Waals surface area contributed by atoms with Gasteiger partial charge in [0.1, 0.15) is 17.0 Å². The first-order valence-corrected chi connectivity index (χ1v) is 8.89. The second-order valence-corrected chi connectivity index (χ2v) is 6.97. The van der Waals surface area contributed by atoms with Gasteiger partial charge in [-0.25, -0.2) is 4.98 Å². The zero-order chi connectivity index (χ0) is 17.1. The average molecular weight is 379 g/mol. The summed E-state index contributed by atoms with van der Waals surface area (Å²) in [6.07, 6.45) is 0. The first kappa shape index (κ1) is 16.6. The van der Waals surface area contributed by atoms with Crippen molar-refractivity contribution in [3.63, 3.8) is 0 Å². The van der Waals surface area contributed by atoms with E-state index in [0.717, 1.165) is 4.70 Å². The number of fused-ring (bicyclic) bond motifs is 1. The van der Waals surface area contributed by atoms with Crippen LogP contribution in [0.2, 0.25) is 0 Å². The van der Waals surface area contributed by atoms with Crippen LogP contribution in [0.1, 0.15) is 9.67 Å². The van der Waals surface area contributed by atoms with Crippen LogP contribution in [0.5, 0.6) is 11.5 Å². The number of ether oxygens (including phenoxy) is 2. The number of methoxy groups -OCH3 is 2. The summed E-state index contributed by atoms with van der Waals surface area (Å²) in [5, 5.41) is 8.14. The van der Waals surface area contributed by atoms with Gasteiger partial charge in [-0.15, -0.1) is 11.3 Å². The summed E-state index contributed by atoms with van der Waals surface area (Å²) in [5.41, 5.74) is 0.707. The predicted molar refractivity (Wildman–Crippen MR) is 101 cm³/mol. The largest absolute Gasteiger partial charge is 0.497 e. The van der Waals surface area contributed by atoms with Crippen LogP contribution in [0.4, 0.5) is 5.13 Å². The van der Waals surface area contributed by atoms with E-state index in [4.69, 9.17) is 21.7 Å². The third-order valence-electron chi connectivity index (χ3n) is 3.08. The zero-order valence-electron chi connectivity index (χ0n) is 12.8. The van der Waals surface area contributed by atoms with Crippen molar-refractivity contribution < 1.29 is 14.3 Å². The molecule has 0 fully saturated rings. The lowest BCUT2D eigenvalue weighted by Crippen LogP contribution is -2.33. The van der Waals surface area contributed by atoms with Crippen molar-refractivity contribution in [2.24, 2.45) is 0 Å². The van der Waals surface area contributed by atoms with Gasteiger partial charge in [-0.3, -0.25) is 10.1 Å². The number of thiazole rings is 1. The van der Waals surface area contributed by atoms with E-state index >= 15 is 0 Å². The summed E-state index contributed by atoms with van der Waals surface area (Å²) in [5.74, 6) is 1.05. The number of anilines is 1. The Morgan fingerprint density at radius 2 is 2.12 bits per heavy atom. The van der Waals surface area contributed by atoms with Crippen molar-refractivity contribution in [3.05, 3.63) is 34.5 Å². The number of carbonyl (C=O) groups is 1. The molecule has 0 saturated heterocycles. The highest BCUT2D eigenvalue weighted by atomic mass is 32.1. The number of thiocarbonyl (C=S) groups is 1. The summed E-state index contributed by atoms with van der Waals surface area (Å²) in [6, 6.07) is 7.18. The molecule has 0 aliphatic carbocycles. The maximum absolute atomic E-state index is 12.0. The summed E-state index contributed by atoms with van der Waals surface area (Å²) in [4.78, 5) is 17.0. The third kappa shape index (κ3) is 3.48. The first-order valence-electron chi connectivity index (χ1n) is 6.79. The highest BCUT2D eigenvalue weighted by molar-refractivity contribution is 7.80. The number of nitrogens with one attached hydrogen (secondary N) is 2. The number of hydrogen-bond donors (Lipinski definition) is 2. The van der Waals surface area contributed by atoms with Crippen LogP contribution in [0, 0.1) is 0 Å². The second-order valence-electron chi connectivity index (χ2n) is 4.58. The Bertz CT molecular complexity index is 890. The number of nitrogens with zero attached hydrogens (tertiary/aromatic N) is 1. The van der Waals surface area contributed by atoms with E-state index < -0.39 is 0 Å². The van der Waals surface area contributed by atoms with E-state index in [1.807, 2.05) is 17.5 Å². The van der Waals surface area contributed by atoms with Gasteiger partial charge >= 0.3 is 0 Å². The molecule has 9 heteroatoms. The van der Waals surface area contributed by atoms with Crippen LogP contribution in [0.15, 0.2) is 29.6 Å². The zero-order valence-corrected chi connectivity index (χ0v) is 15.2. The Morgan fingerprint density at radius 3 is 2.79 bits per heavy atom. The molecule has 0 atom stereocenters. The molecule has 1 amide bonds. The first-order chi connectivity index (χ1) is 11.6. The Balaban J connectivity index is 1.77. The molecule has 0 spiro atoms. The van der Waals surface area contributed by atoms with Crippen molar-refractivity contribution in [3.8, 4) is 11.5 Å². The molecule has 0 aliphatic rings. The topological polar surface area (TPSA) is 72.5 Å². The SMILES string of the molecule is COc1cc(OC)c2nc(NC(=S)NC(=O)c3cccs3)sc2c1. The molecule has 0 saturated carbocycles. The fourth-order valence-electron chi connectivity index (χ4n) is 2.00. The third-order valence-corrected chi connectivity index (χ3v) is 5.07. The van der Waals surface area contributed by atoms with E-state index in [1.165, 1.54) is 22.7 Å². The molecule has 3 rings (SSSR count). The van der Waals surface area contributed by atoms with Crippen LogP contribution >= 0.6 is 34.9 Å². The molecule has 3 aromatic rings. The lowest BCUT2D eigenvalue weighted by molar-refractivity contribution is 0.0981. The number of rotatable bonds is 4. The maximum Gasteiger partial charge on any atom is 0.267 e. The Kier molecular flexibility index (Phi) is 4.93. The lowest BCUT2D eigenvalue weighted by Gasteiger charge is -2.05. The fraction of sp³-hybridized carbons (Fsp3) is 0.133. The minimum Gasteiger partial charge on any atom is -0.497 e. The molecule has 2 N–H and O–H groups in total. The van der Waals surface area contributed by atoms with Crippen LogP contribution in [-0.4, -0.2) is 30.2 Å². The van der Waals surface area contributed by atoms with E-state index in [1.54, 1.807) is 26.4 Å². The summed E-state index contributed by atoms with van der Waals surface area (Å²) in [7, 11) is 3.17. The fourth-order valence-corrected chi connectivity index (χ4v) is 3.79. The van der Waals surface area contributed by atoms with Gasteiger partial charge in [0.05, 0.1) is 23.8 Å². The number of benzene rings is 1. The molecule has 0 unspecified atom stereocenters. The van der Waals surface area contributed by atoms with Gasteiger partial charge in [-0.1, -0.05) is 17.4 Å². The van der Waals surface area contributed by atoms with Crippen molar-refractivity contribution in [1.82, 2.24) is 10.3 Å². The minimum atomic E-state index is -0.247. The summed E-state index contributed by atoms with van der Waals surface area (Å²) >= 11 is 7.91. The van der Waals surface area contributed by atoms with Gasteiger partial charge in [0.2, 0.25) is 0 Å². The quantitative estimate of drug-likeness (QED) is 0.676.